The molecule has 0 saturated heterocycles. The van der Waals surface area contributed by atoms with Gasteiger partial charge in [-0.05, 0) is 12.1 Å². The smallest absolute Gasteiger partial charge is 0.213 e. The molecule has 0 amide bonds. The predicted molar refractivity (Wildman–Crippen MR) is 39.7 cm³/mol. The summed E-state index contributed by atoms with van der Waals surface area (Å²) in [6.07, 6.45) is 2.77. The normalized spacial score (nSPS) is 10.1. The zero-order valence-corrected chi connectivity index (χ0v) is 6.07. The highest BCUT2D eigenvalue weighted by Crippen LogP contribution is 2.14. The van der Waals surface area contributed by atoms with Crippen LogP contribution in [-0.4, -0.2) is 9.97 Å². The van der Waals surface area contributed by atoms with Crippen molar-refractivity contribution in [3.8, 4) is 11.5 Å². The molecule has 0 aliphatic carbocycles. The van der Waals surface area contributed by atoms with Gasteiger partial charge in [0.2, 0.25) is 5.95 Å². The minimum absolute atomic E-state index is 0.451. The molecule has 0 aliphatic heterocycles. The highest BCUT2D eigenvalue weighted by Gasteiger charge is 2.02. The minimum Gasteiger partial charge on any atom is -0.442 e. The van der Waals surface area contributed by atoms with Crippen LogP contribution in [0.4, 0.5) is 4.39 Å². The molecule has 0 radical (unpaired) electrons. The van der Waals surface area contributed by atoms with Crippen molar-refractivity contribution in [1.29, 1.82) is 0 Å². The molecule has 2 aromatic heterocycles. The van der Waals surface area contributed by atoms with Gasteiger partial charge in [-0.3, -0.25) is 0 Å². The fourth-order valence-corrected chi connectivity index (χ4v) is 0.888. The molecule has 2 heterocycles. The van der Waals surface area contributed by atoms with E-state index < -0.39 is 5.95 Å². The summed E-state index contributed by atoms with van der Waals surface area (Å²) in [5.41, 5.74) is 0.451. The second kappa shape index (κ2) is 2.73. The zero-order chi connectivity index (χ0) is 8.39. The Bertz CT molecular complexity index is 372. The van der Waals surface area contributed by atoms with Crippen molar-refractivity contribution in [2.75, 3.05) is 0 Å². The van der Waals surface area contributed by atoms with Gasteiger partial charge in [-0.2, -0.15) is 4.39 Å². The lowest BCUT2D eigenvalue weighted by molar-refractivity contribution is 0.558. The van der Waals surface area contributed by atoms with Crippen LogP contribution in [0.25, 0.3) is 11.5 Å². The fourth-order valence-electron chi connectivity index (χ4n) is 0.888. The van der Waals surface area contributed by atoms with Crippen molar-refractivity contribution in [3.63, 3.8) is 0 Å². The average Bonchev–Trinajstić information content (AvgIpc) is 2.56. The zero-order valence-electron chi connectivity index (χ0n) is 6.07. The lowest BCUT2D eigenvalue weighted by Crippen LogP contribution is -1.84. The standard InChI is InChI=1S/C8H5FN2O/c9-8-3-1-2-6(11-8)7-4-10-5-12-7/h1-5H. The number of rotatable bonds is 1. The fraction of sp³-hybridized carbons (Fsp3) is 0. The average molecular weight is 164 g/mol. The number of halogens is 1. The van der Waals surface area contributed by atoms with Crippen molar-refractivity contribution >= 4 is 0 Å². The van der Waals surface area contributed by atoms with Crippen LogP contribution in [0.15, 0.2) is 35.2 Å². The lowest BCUT2D eigenvalue weighted by Gasteiger charge is -1.92. The van der Waals surface area contributed by atoms with Crippen LogP contribution in [0, 0.1) is 5.95 Å². The number of pyridine rings is 1. The van der Waals surface area contributed by atoms with Crippen LogP contribution < -0.4 is 0 Å². The van der Waals surface area contributed by atoms with E-state index in [0.29, 0.717) is 11.5 Å². The molecule has 3 nitrogen and oxygen atoms in total. The van der Waals surface area contributed by atoms with Gasteiger partial charge in [-0.25, -0.2) is 9.97 Å². The number of aromatic nitrogens is 2. The third kappa shape index (κ3) is 1.18. The van der Waals surface area contributed by atoms with Crippen LogP contribution in [0.1, 0.15) is 0 Å². The van der Waals surface area contributed by atoms with Gasteiger partial charge in [-0.1, -0.05) is 6.07 Å². The molecule has 0 aliphatic rings. The van der Waals surface area contributed by atoms with E-state index in [0.717, 1.165) is 0 Å². The molecule has 0 N–H and O–H groups in total. The predicted octanol–water partition coefficient (Wildman–Crippen LogP) is 1.88. The van der Waals surface area contributed by atoms with E-state index in [4.69, 9.17) is 4.42 Å². The first-order valence-electron chi connectivity index (χ1n) is 3.38. The van der Waals surface area contributed by atoms with E-state index in [1.54, 1.807) is 12.1 Å². The molecule has 2 rings (SSSR count). The third-order valence-corrected chi connectivity index (χ3v) is 1.40. The summed E-state index contributed by atoms with van der Waals surface area (Å²) in [4.78, 5) is 7.31. The van der Waals surface area contributed by atoms with Crippen molar-refractivity contribution < 1.29 is 8.81 Å². The van der Waals surface area contributed by atoms with Gasteiger partial charge < -0.3 is 4.42 Å². The molecule has 0 unspecified atom stereocenters. The van der Waals surface area contributed by atoms with Gasteiger partial charge in [0, 0.05) is 0 Å². The first-order valence-corrected chi connectivity index (χ1v) is 3.38. The molecule has 12 heavy (non-hydrogen) atoms. The first-order chi connectivity index (χ1) is 5.86. The van der Waals surface area contributed by atoms with Crippen LogP contribution in [0.3, 0.4) is 0 Å². The van der Waals surface area contributed by atoms with E-state index in [1.165, 1.54) is 18.7 Å². The van der Waals surface area contributed by atoms with Crippen LogP contribution in [-0.2, 0) is 0 Å². The van der Waals surface area contributed by atoms with Crippen molar-refractivity contribution in [2.24, 2.45) is 0 Å². The van der Waals surface area contributed by atoms with E-state index >= 15 is 0 Å². The highest BCUT2D eigenvalue weighted by molar-refractivity contribution is 5.49. The molecule has 4 heteroatoms. The summed E-state index contributed by atoms with van der Waals surface area (Å²) < 4.78 is 17.5. The lowest BCUT2D eigenvalue weighted by atomic mass is 10.3. The minimum atomic E-state index is -0.524. The van der Waals surface area contributed by atoms with Crippen molar-refractivity contribution in [2.45, 2.75) is 0 Å². The van der Waals surface area contributed by atoms with Gasteiger partial charge in [0.15, 0.2) is 12.2 Å². The molecule has 60 valence electrons. The number of hydrogen-bond acceptors (Lipinski definition) is 3. The Hall–Kier alpha value is -1.71. The topological polar surface area (TPSA) is 38.9 Å². The van der Waals surface area contributed by atoms with Gasteiger partial charge in [-0.15, -0.1) is 0 Å². The SMILES string of the molecule is Fc1cccc(-c2cnco2)n1. The maximum atomic E-state index is 12.6. The Morgan fingerprint density at radius 3 is 2.92 bits per heavy atom. The van der Waals surface area contributed by atoms with Gasteiger partial charge >= 0.3 is 0 Å². The molecule has 0 atom stereocenters. The maximum Gasteiger partial charge on any atom is 0.213 e. The Morgan fingerprint density at radius 2 is 2.25 bits per heavy atom. The molecule has 0 bridgehead atoms. The van der Waals surface area contributed by atoms with Crippen LogP contribution in [0.5, 0.6) is 0 Å². The Balaban J connectivity index is 2.48. The molecule has 0 saturated carbocycles. The van der Waals surface area contributed by atoms with E-state index in [9.17, 15) is 4.39 Å². The summed E-state index contributed by atoms with van der Waals surface area (Å²) in [6.45, 7) is 0. The Morgan fingerprint density at radius 1 is 1.33 bits per heavy atom. The summed E-state index contributed by atoms with van der Waals surface area (Å²) in [5.74, 6) is -0.0570. The summed E-state index contributed by atoms with van der Waals surface area (Å²) in [5, 5.41) is 0. The highest BCUT2D eigenvalue weighted by atomic mass is 19.1. The second-order valence-corrected chi connectivity index (χ2v) is 2.21. The molecule has 2 aromatic rings. The molecular formula is C8H5FN2O. The Labute approximate surface area is 67.9 Å². The second-order valence-electron chi connectivity index (χ2n) is 2.21. The largest absolute Gasteiger partial charge is 0.442 e. The van der Waals surface area contributed by atoms with E-state index in [1.807, 2.05) is 0 Å². The quantitative estimate of drug-likeness (QED) is 0.604. The number of hydrogen-bond donors (Lipinski definition) is 0. The maximum absolute atomic E-state index is 12.6. The summed E-state index contributed by atoms with van der Waals surface area (Å²) in [7, 11) is 0. The van der Waals surface area contributed by atoms with E-state index in [-0.39, 0.29) is 0 Å². The summed E-state index contributed by atoms with van der Waals surface area (Å²) >= 11 is 0. The van der Waals surface area contributed by atoms with Gasteiger partial charge in [0.1, 0.15) is 5.69 Å². The van der Waals surface area contributed by atoms with Gasteiger partial charge in [0.05, 0.1) is 6.20 Å². The molecule has 0 spiro atoms. The van der Waals surface area contributed by atoms with Crippen molar-refractivity contribution in [3.05, 3.63) is 36.7 Å². The third-order valence-electron chi connectivity index (χ3n) is 1.40. The van der Waals surface area contributed by atoms with Crippen LogP contribution in [0.2, 0.25) is 0 Å². The number of oxazole rings is 1. The molecule has 0 fully saturated rings. The van der Waals surface area contributed by atoms with Crippen LogP contribution >= 0.6 is 0 Å². The molecular weight excluding hydrogens is 159 g/mol. The molecule has 0 aromatic carbocycles. The summed E-state index contributed by atoms with van der Waals surface area (Å²) in [6, 6.07) is 4.50. The first kappa shape index (κ1) is 6.97. The van der Waals surface area contributed by atoms with Crippen molar-refractivity contribution in [1.82, 2.24) is 9.97 Å². The monoisotopic (exact) mass is 164 g/mol. The Kier molecular flexibility index (Phi) is 1.59. The van der Waals surface area contributed by atoms with Gasteiger partial charge in [0.25, 0.3) is 0 Å². The number of nitrogens with zero attached hydrogens (tertiary/aromatic N) is 2. The van der Waals surface area contributed by atoms with E-state index in [2.05, 4.69) is 9.97 Å².